The Labute approximate surface area is 390 Å². The molecule has 6 unspecified atom stereocenters. The van der Waals surface area contributed by atoms with Gasteiger partial charge < -0.3 is 34.3 Å². The largest absolute Gasteiger partial charge is 0.457 e. The predicted molar refractivity (Wildman–Crippen MR) is 257 cm³/mol. The molecule has 0 aromatic rings. The van der Waals surface area contributed by atoms with Crippen molar-refractivity contribution in [2.24, 2.45) is 0 Å². The topological polar surface area (TPSA) is 178 Å². The van der Waals surface area contributed by atoms with Crippen LogP contribution in [0.2, 0.25) is 0 Å². The van der Waals surface area contributed by atoms with Gasteiger partial charge in [0.1, 0.15) is 30.5 Å². The first kappa shape index (κ1) is 60.3. The van der Waals surface area contributed by atoms with Crippen molar-refractivity contribution in [2.75, 3.05) is 26.4 Å². The maximum atomic E-state index is 12.9. The number of allylic oxidation sites excluding steroid dienone is 6. The fraction of sp³-hybridized carbons (Fsp3) is 0.863. The van der Waals surface area contributed by atoms with Gasteiger partial charge in [-0.25, -0.2) is 4.18 Å². The maximum Gasteiger partial charge on any atom is 0.397 e. The Kier molecular flexibility index (Phi) is 40.2. The van der Waals surface area contributed by atoms with Crippen LogP contribution in [0.25, 0.3) is 0 Å². The molecule has 0 radical (unpaired) electrons. The van der Waals surface area contributed by atoms with E-state index < -0.39 is 59.8 Å². The molecule has 1 aliphatic rings. The Morgan fingerprint density at radius 3 is 1.50 bits per heavy atom. The van der Waals surface area contributed by atoms with Crippen LogP contribution in [-0.4, -0.2) is 97.5 Å². The average molecular weight is 931 g/mol. The first-order valence-electron chi connectivity index (χ1n) is 25.7. The fourth-order valence-electron chi connectivity index (χ4n) is 7.86. The van der Waals surface area contributed by atoms with E-state index in [0.717, 1.165) is 57.8 Å². The highest BCUT2D eigenvalue weighted by atomic mass is 32.3. The van der Waals surface area contributed by atoms with Gasteiger partial charge in [-0.1, -0.05) is 198 Å². The number of rotatable bonds is 45. The molecular weight excluding hydrogens is 837 g/mol. The smallest absolute Gasteiger partial charge is 0.397 e. The van der Waals surface area contributed by atoms with Crippen LogP contribution in [0.5, 0.6) is 0 Å². The van der Waals surface area contributed by atoms with E-state index in [2.05, 4.69) is 54.5 Å². The summed E-state index contributed by atoms with van der Waals surface area (Å²) in [7, 11) is -5.06. The Hall–Kier alpha value is -1.68. The molecule has 0 aliphatic carbocycles. The minimum absolute atomic E-state index is 0.0318. The number of aliphatic hydroxyl groups excluding tert-OH is 3. The van der Waals surface area contributed by atoms with E-state index in [1.165, 1.54) is 135 Å². The van der Waals surface area contributed by atoms with Crippen LogP contribution in [-0.2, 0) is 38.3 Å². The van der Waals surface area contributed by atoms with Crippen LogP contribution in [0.3, 0.4) is 0 Å². The number of carbonyl (C=O) groups excluding carboxylic acids is 1. The van der Waals surface area contributed by atoms with Crippen molar-refractivity contribution < 1.29 is 56.2 Å². The average Bonchev–Trinajstić information content (AvgIpc) is 3.27. The first-order valence-corrected chi connectivity index (χ1v) is 27.1. The first-order chi connectivity index (χ1) is 31.1. The summed E-state index contributed by atoms with van der Waals surface area (Å²) >= 11 is 0. The molecule has 0 bridgehead atoms. The number of aliphatic hydroxyl groups is 3. The van der Waals surface area contributed by atoms with Crippen LogP contribution in [0.1, 0.15) is 219 Å². The van der Waals surface area contributed by atoms with E-state index in [1.807, 2.05) is 0 Å². The van der Waals surface area contributed by atoms with Gasteiger partial charge in [-0.15, -0.1) is 0 Å². The molecule has 0 spiro atoms. The Bertz CT molecular complexity index is 1260. The van der Waals surface area contributed by atoms with Crippen LogP contribution < -0.4 is 0 Å². The molecule has 6 atom stereocenters. The summed E-state index contributed by atoms with van der Waals surface area (Å²) < 4.78 is 59.2. The van der Waals surface area contributed by atoms with E-state index in [1.54, 1.807) is 0 Å². The number of hydrogen-bond donors (Lipinski definition) is 4. The Morgan fingerprint density at radius 2 is 1.03 bits per heavy atom. The van der Waals surface area contributed by atoms with Gasteiger partial charge >= 0.3 is 16.4 Å². The van der Waals surface area contributed by atoms with Crippen LogP contribution >= 0.6 is 0 Å². The monoisotopic (exact) mass is 931 g/mol. The lowest BCUT2D eigenvalue weighted by Crippen LogP contribution is -2.60. The van der Waals surface area contributed by atoms with E-state index >= 15 is 0 Å². The molecule has 0 aromatic heterocycles. The summed E-state index contributed by atoms with van der Waals surface area (Å²) in [4.78, 5) is 12.9. The minimum Gasteiger partial charge on any atom is -0.457 e. The van der Waals surface area contributed by atoms with Gasteiger partial charge in [0.15, 0.2) is 6.29 Å². The lowest BCUT2D eigenvalue weighted by Gasteiger charge is -2.41. The van der Waals surface area contributed by atoms with E-state index in [4.69, 9.17) is 18.9 Å². The van der Waals surface area contributed by atoms with E-state index in [9.17, 15) is 33.1 Å². The van der Waals surface area contributed by atoms with Crippen LogP contribution in [0.4, 0.5) is 0 Å². The lowest BCUT2D eigenvalue weighted by molar-refractivity contribution is -0.301. The lowest BCUT2D eigenvalue weighted by atomic mass is 9.99. The molecule has 13 heteroatoms. The van der Waals surface area contributed by atoms with Gasteiger partial charge in [-0.05, 0) is 51.4 Å². The number of hydrogen-bond acceptors (Lipinski definition) is 11. The number of ether oxygens (including phenoxy) is 4. The zero-order valence-corrected chi connectivity index (χ0v) is 41.2. The second-order valence-electron chi connectivity index (χ2n) is 17.8. The van der Waals surface area contributed by atoms with Crippen LogP contribution in [0.15, 0.2) is 36.5 Å². The highest BCUT2D eigenvalue weighted by molar-refractivity contribution is 7.80. The zero-order chi connectivity index (χ0) is 46.8. The Balaban J connectivity index is 2.36. The van der Waals surface area contributed by atoms with Gasteiger partial charge in [-0.3, -0.25) is 9.35 Å². The maximum absolute atomic E-state index is 12.9. The zero-order valence-electron chi connectivity index (χ0n) is 40.3. The standard InChI is InChI=1S/C51H94O12S/c1-3-5-7-9-11-13-15-17-19-20-21-22-23-24-25-27-29-31-33-35-37-39-41-59-43-45(44-60-51-49(55)50(63-64(56,57)58)48(54)46(42-52)62-51)61-47(53)40-38-36-34-32-30-28-26-18-16-14-12-10-8-6-4-2/h15,17,20-21,23-24,45-46,48-52,54-55H,3-14,16,18-19,22,25-44H2,1-2H3,(H,56,57,58)/b17-15-,21-20-,24-23-. The molecule has 64 heavy (non-hydrogen) atoms. The van der Waals surface area contributed by atoms with Crippen molar-refractivity contribution in [3.8, 4) is 0 Å². The van der Waals surface area contributed by atoms with Crippen LogP contribution in [0, 0.1) is 0 Å². The molecule has 1 rings (SSSR count). The summed E-state index contributed by atoms with van der Waals surface area (Å²) in [6, 6.07) is 0. The van der Waals surface area contributed by atoms with E-state index in [0.29, 0.717) is 13.0 Å². The third-order valence-electron chi connectivity index (χ3n) is 11.8. The summed E-state index contributed by atoms with van der Waals surface area (Å²) in [5, 5.41) is 30.7. The van der Waals surface area contributed by atoms with Crippen molar-refractivity contribution in [3.05, 3.63) is 36.5 Å². The Morgan fingerprint density at radius 1 is 0.594 bits per heavy atom. The second-order valence-corrected chi connectivity index (χ2v) is 18.8. The van der Waals surface area contributed by atoms with Crippen molar-refractivity contribution in [3.63, 3.8) is 0 Å². The summed E-state index contributed by atoms with van der Waals surface area (Å²) in [5.41, 5.74) is 0. The predicted octanol–water partition coefficient (Wildman–Crippen LogP) is 11.7. The summed E-state index contributed by atoms with van der Waals surface area (Å²) in [6.07, 6.45) is 41.7. The SMILES string of the molecule is CCCCCCC/C=C\C/C=C\C/C=C\CCCCCCCCCOCC(COC1OC(CO)C(O)C(OS(=O)(=O)O)C1O)OC(=O)CCCCCCCCCCCCCCCCC. The van der Waals surface area contributed by atoms with Crippen molar-refractivity contribution in [2.45, 2.75) is 256 Å². The summed E-state index contributed by atoms with van der Waals surface area (Å²) in [6.45, 7) is 3.98. The molecule has 376 valence electrons. The molecule has 1 fully saturated rings. The molecule has 1 heterocycles. The van der Waals surface area contributed by atoms with E-state index in [-0.39, 0.29) is 19.6 Å². The van der Waals surface area contributed by atoms with Gasteiger partial charge in [0.2, 0.25) is 0 Å². The highest BCUT2D eigenvalue weighted by Crippen LogP contribution is 2.26. The van der Waals surface area contributed by atoms with Crippen molar-refractivity contribution in [1.29, 1.82) is 0 Å². The normalized spacial score (nSPS) is 20.0. The van der Waals surface area contributed by atoms with Gasteiger partial charge in [0.05, 0.1) is 19.8 Å². The molecule has 0 aromatic carbocycles. The number of esters is 1. The molecule has 0 amide bonds. The number of unbranched alkanes of at least 4 members (excludes halogenated alkanes) is 26. The van der Waals surface area contributed by atoms with Gasteiger partial charge in [-0.2, -0.15) is 8.42 Å². The molecule has 12 nitrogen and oxygen atoms in total. The number of carbonyl (C=O) groups is 1. The third kappa shape index (κ3) is 35.5. The second kappa shape index (κ2) is 42.7. The molecular formula is C51H94O12S. The fourth-order valence-corrected chi connectivity index (χ4v) is 8.37. The molecule has 1 saturated heterocycles. The highest BCUT2D eigenvalue weighted by Gasteiger charge is 2.48. The molecule has 0 saturated carbocycles. The van der Waals surface area contributed by atoms with Crippen molar-refractivity contribution >= 4 is 16.4 Å². The minimum atomic E-state index is -5.06. The molecule has 1 aliphatic heterocycles. The quantitative estimate of drug-likeness (QED) is 0.0197. The van der Waals surface area contributed by atoms with Crippen molar-refractivity contribution in [1.82, 2.24) is 0 Å². The van der Waals surface area contributed by atoms with Gasteiger partial charge in [0, 0.05) is 13.0 Å². The molecule has 4 N–H and O–H groups in total. The third-order valence-corrected chi connectivity index (χ3v) is 12.2. The van der Waals surface area contributed by atoms with Gasteiger partial charge in [0.25, 0.3) is 0 Å². The summed E-state index contributed by atoms with van der Waals surface area (Å²) in [5.74, 6) is -0.400.